The highest BCUT2D eigenvalue weighted by Crippen LogP contribution is 2.39. The van der Waals surface area contributed by atoms with E-state index in [9.17, 15) is 26.0 Å². The van der Waals surface area contributed by atoms with E-state index in [1.807, 2.05) is 0 Å². The summed E-state index contributed by atoms with van der Waals surface area (Å²) in [7, 11) is -1.61. The van der Waals surface area contributed by atoms with Crippen LogP contribution in [0.15, 0.2) is 36.7 Å². The minimum absolute atomic E-state index is 0. The first-order valence-electron chi connectivity index (χ1n) is 7.16. The van der Waals surface area contributed by atoms with Crippen molar-refractivity contribution >= 4 is 21.4 Å². The second kappa shape index (κ2) is 6.89. The molecule has 0 aliphatic rings. The monoisotopic (exact) mass is 404 g/mol. The third-order valence-corrected chi connectivity index (χ3v) is 5.37. The van der Waals surface area contributed by atoms with E-state index in [4.69, 9.17) is 0 Å². The predicted molar refractivity (Wildman–Crippen MR) is 92.7 cm³/mol. The van der Waals surface area contributed by atoms with Crippen LogP contribution in [0.1, 0.15) is 13.0 Å². The molecule has 0 spiro atoms. The van der Waals surface area contributed by atoms with Gasteiger partial charge in [-0.1, -0.05) is 25.6 Å². The van der Waals surface area contributed by atoms with Crippen LogP contribution in [0.2, 0.25) is 0 Å². The number of benzene rings is 1. The third-order valence-electron chi connectivity index (χ3n) is 3.67. The Balaban J connectivity index is 0.00000261. The third kappa shape index (κ3) is 3.52. The molecule has 2 heterocycles. The topological polar surface area (TPSA) is 68.1 Å². The van der Waals surface area contributed by atoms with Gasteiger partial charge < -0.3 is 0 Å². The molecule has 146 valence electrons. The van der Waals surface area contributed by atoms with Crippen LogP contribution in [-0.4, -0.2) is 40.8 Å². The predicted octanol–water partition coefficient (Wildman–Crippen LogP) is 3.55. The number of alkyl halides is 3. The van der Waals surface area contributed by atoms with Gasteiger partial charge in [0, 0.05) is 25.9 Å². The van der Waals surface area contributed by atoms with E-state index in [0.717, 1.165) is 22.6 Å². The van der Waals surface area contributed by atoms with E-state index in [1.165, 1.54) is 26.2 Å². The molecule has 0 aliphatic heterocycles. The van der Waals surface area contributed by atoms with Crippen LogP contribution in [-0.2, 0) is 16.4 Å². The fourth-order valence-electron chi connectivity index (χ4n) is 2.46. The van der Waals surface area contributed by atoms with Gasteiger partial charge in [0.05, 0.1) is 11.8 Å². The molecule has 0 saturated carbocycles. The first-order valence-corrected chi connectivity index (χ1v) is 8.56. The molecule has 27 heavy (non-hydrogen) atoms. The molecule has 0 fully saturated rings. The number of hydrogen-bond acceptors (Lipinski definition) is 4. The lowest BCUT2D eigenvalue weighted by Crippen LogP contribution is -2.28. The summed E-state index contributed by atoms with van der Waals surface area (Å²) >= 11 is 0. The van der Waals surface area contributed by atoms with Crippen molar-refractivity contribution in [3.8, 4) is 11.1 Å². The van der Waals surface area contributed by atoms with Crippen LogP contribution in [0.25, 0.3) is 22.3 Å². The van der Waals surface area contributed by atoms with Crippen LogP contribution >= 0.6 is 0 Å². The molecule has 0 atom stereocenters. The van der Waals surface area contributed by atoms with Gasteiger partial charge in [0.2, 0.25) is 5.95 Å². The molecule has 0 bridgehead atoms. The number of hydrogen-bond donors (Lipinski definition) is 0. The van der Waals surface area contributed by atoms with Gasteiger partial charge in [0.15, 0.2) is 5.65 Å². The molecule has 3 aromatic rings. The number of rotatable bonds is 3. The Hall–Kier alpha value is -2.53. The van der Waals surface area contributed by atoms with Crippen molar-refractivity contribution in [2.45, 2.75) is 13.6 Å². The maximum atomic E-state index is 13.6. The summed E-state index contributed by atoms with van der Waals surface area (Å²) in [5, 5.41) is 0. The van der Waals surface area contributed by atoms with Gasteiger partial charge in [0.25, 0.3) is 0 Å². The summed E-state index contributed by atoms with van der Waals surface area (Å²) in [6.07, 6.45) is -3.03. The molecule has 0 aliphatic carbocycles. The highest BCUT2D eigenvalue weighted by molar-refractivity contribution is 7.87. The van der Waals surface area contributed by atoms with Crippen molar-refractivity contribution in [2.75, 3.05) is 14.1 Å². The summed E-state index contributed by atoms with van der Waals surface area (Å²) in [5.74, 6) is -1.04. The average molecular weight is 404 g/mol. The molecular weight excluding hydrogens is 388 g/mol. The zero-order chi connectivity index (χ0) is 19.3. The van der Waals surface area contributed by atoms with Gasteiger partial charge >= 0.3 is 16.4 Å². The van der Waals surface area contributed by atoms with Gasteiger partial charge in [-0.3, -0.25) is 0 Å². The number of aromatic nitrogens is 3. The lowest BCUT2D eigenvalue weighted by Gasteiger charge is -2.12. The van der Waals surface area contributed by atoms with Crippen molar-refractivity contribution < 1.29 is 26.0 Å². The Morgan fingerprint density at radius 1 is 1.11 bits per heavy atom. The zero-order valence-electron chi connectivity index (χ0n) is 13.5. The Kier molecular flexibility index (Phi) is 5.30. The SMILES string of the molecule is C.CN(C)S(=O)(=O)n1cc(-c2ccccc2C(F)(F)F)c2nc(F)cnc21. The zero-order valence-corrected chi connectivity index (χ0v) is 14.3. The van der Waals surface area contributed by atoms with Crippen LogP contribution in [0.3, 0.4) is 0 Å². The molecule has 6 nitrogen and oxygen atoms in total. The fraction of sp³-hybridized carbons (Fsp3) is 0.250. The lowest BCUT2D eigenvalue weighted by molar-refractivity contribution is -0.137. The van der Waals surface area contributed by atoms with E-state index in [1.54, 1.807) is 0 Å². The normalized spacial score (nSPS) is 12.4. The fourth-order valence-corrected chi connectivity index (χ4v) is 3.40. The van der Waals surface area contributed by atoms with Crippen molar-refractivity contribution in [2.24, 2.45) is 0 Å². The molecular formula is C16H16F4N4O2S. The van der Waals surface area contributed by atoms with Gasteiger partial charge in [0.1, 0.15) is 5.52 Å². The van der Waals surface area contributed by atoms with Gasteiger partial charge in [-0.25, -0.2) is 13.9 Å². The first kappa shape index (κ1) is 20.8. The Labute approximate surface area is 153 Å². The average Bonchev–Trinajstić information content (AvgIpc) is 2.93. The van der Waals surface area contributed by atoms with Crippen molar-refractivity contribution in [1.29, 1.82) is 0 Å². The summed E-state index contributed by atoms with van der Waals surface area (Å²) in [6.45, 7) is 0. The second-order valence-corrected chi connectivity index (χ2v) is 7.56. The number of fused-ring (bicyclic) bond motifs is 1. The van der Waals surface area contributed by atoms with Gasteiger partial charge in [-0.15, -0.1) is 0 Å². The smallest absolute Gasteiger partial charge is 0.231 e. The Bertz CT molecular complexity index is 1090. The van der Waals surface area contributed by atoms with E-state index < -0.39 is 27.9 Å². The second-order valence-electron chi connectivity index (χ2n) is 5.54. The van der Waals surface area contributed by atoms with Gasteiger partial charge in [-0.05, 0) is 11.6 Å². The first-order chi connectivity index (χ1) is 12.0. The highest BCUT2D eigenvalue weighted by atomic mass is 32.2. The Morgan fingerprint density at radius 2 is 1.74 bits per heavy atom. The summed E-state index contributed by atoms with van der Waals surface area (Å²) < 4.78 is 80.0. The van der Waals surface area contributed by atoms with E-state index in [0.29, 0.717) is 10.2 Å². The summed E-state index contributed by atoms with van der Waals surface area (Å²) in [5.41, 5.74) is -2.06. The largest absolute Gasteiger partial charge is 0.417 e. The molecule has 2 aromatic heterocycles. The number of halogens is 4. The van der Waals surface area contributed by atoms with Crippen molar-refractivity contribution in [3.63, 3.8) is 0 Å². The maximum Gasteiger partial charge on any atom is 0.417 e. The summed E-state index contributed by atoms with van der Waals surface area (Å²) in [4.78, 5) is 7.27. The standard InChI is InChI=1S/C15H12F4N4O2S.CH4/c1-22(2)26(24,25)23-8-10(13-14(23)20-7-12(16)21-13)9-5-3-4-6-11(9)15(17,18)19;/h3-8H,1-2H3;1H4. The highest BCUT2D eigenvalue weighted by Gasteiger charge is 2.35. The van der Waals surface area contributed by atoms with Crippen molar-refractivity contribution in [1.82, 2.24) is 18.2 Å². The van der Waals surface area contributed by atoms with Crippen molar-refractivity contribution in [3.05, 3.63) is 48.2 Å². The quantitative estimate of drug-likeness (QED) is 0.626. The van der Waals surface area contributed by atoms with Crippen LogP contribution in [0, 0.1) is 5.95 Å². The number of nitrogens with zero attached hydrogens (tertiary/aromatic N) is 4. The molecule has 0 N–H and O–H groups in total. The molecule has 1 aromatic carbocycles. The van der Waals surface area contributed by atoms with Gasteiger partial charge in [-0.2, -0.15) is 30.3 Å². The van der Waals surface area contributed by atoms with Crippen LogP contribution in [0.4, 0.5) is 17.6 Å². The van der Waals surface area contributed by atoms with Crippen LogP contribution in [0.5, 0.6) is 0 Å². The minimum atomic E-state index is -4.69. The maximum absolute atomic E-state index is 13.6. The van der Waals surface area contributed by atoms with E-state index in [2.05, 4.69) is 9.97 Å². The summed E-state index contributed by atoms with van der Waals surface area (Å²) in [6, 6.07) is 4.58. The van der Waals surface area contributed by atoms with Crippen LogP contribution < -0.4 is 0 Å². The Morgan fingerprint density at radius 3 is 2.33 bits per heavy atom. The molecule has 0 saturated heterocycles. The molecule has 3 rings (SSSR count). The molecule has 0 unspecified atom stereocenters. The van der Waals surface area contributed by atoms with E-state index >= 15 is 0 Å². The molecule has 0 radical (unpaired) electrons. The lowest BCUT2D eigenvalue weighted by atomic mass is 10.0. The van der Waals surface area contributed by atoms with E-state index in [-0.39, 0.29) is 29.7 Å². The molecule has 11 heteroatoms. The molecule has 0 amide bonds. The minimum Gasteiger partial charge on any atom is -0.231 e.